The molecule has 3 nitrogen and oxygen atoms in total. The minimum atomic E-state index is -2.77. The summed E-state index contributed by atoms with van der Waals surface area (Å²) in [5.74, 6) is 1.01. The van der Waals surface area contributed by atoms with Crippen LogP contribution in [0.25, 0.3) is 0 Å². The Kier molecular flexibility index (Phi) is 14.6. The summed E-state index contributed by atoms with van der Waals surface area (Å²) in [6.45, 7) is 9.95. The van der Waals surface area contributed by atoms with Crippen LogP contribution < -0.4 is 0 Å². The highest BCUT2D eigenvalue weighted by molar-refractivity contribution is 9.57. The van der Waals surface area contributed by atoms with Gasteiger partial charge < -0.3 is 13.3 Å². The zero-order valence-electron chi connectivity index (χ0n) is 12.2. The van der Waals surface area contributed by atoms with Crippen molar-refractivity contribution in [2.45, 2.75) is 34.1 Å². The van der Waals surface area contributed by atoms with Crippen LogP contribution in [0.2, 0.25) is 0 Å². The maximum atomic E-state index is 6.13. The van der Waals surface area contributed by atoms with Gasteiger partial charge in [-0.2, -0.15) is 0 Å². The van der Waals surface area contributed by atoms with Gasteiger partial charge >= 0.3 is 7.95 Å². The van der Waals surface area contributed by atoms with E-state index >= 15 is 0 Å². The molecule has 0 aromatic heterocycles. The SMILES string of the molecule is CCCS(SSS)(SSS)[Si](OCC)(OCC)OCC. The van der Waals surface area contributed by atoms with Gasteiger partial charge in [0.2, 0.25) is 0 Å². The van der Waals surface area contributed by atoms with Crippen molar-refractivity contribution in [2.75, 3.05) is 25.6 Å². The number of thiol groups is 2. The van der Waals surface area contributed by atoms with Crippen molar-refractivity contribution in [3.8, 4) is 0 Å². The molecular weight excluding hydrogens is 409 g/mol. The molecule has 0 radical (unpaired) electrons. The Morgan fingerprint density at radius 2 is 1.25 bits per heavy atom. The van der Waals surface area contributed by atoms with Crippen LogP contribution in [-0.4, -0.2) is 33.5 Å². The van der Waals surface area contributed by atoms with E-state index in [9.17, 15) is 0 Å². The Hall–Kier alpha value is 2.55. The lowest BCUT2D eigenvalue weighted by atomic mass is 10.6. The Labute approximate surface area is 150 Å². The van der Waals surface area contributed by atoms with Gasteiger partial charge in [0, 0.05) is 19.8 Å². The summed E-state index contributed by atoms with van der Waals surface area (Å²) in [5, 5.41) is 0. The lowest BCUT2D eigenvalue weighted by Crippen LogP contribution is -2.49. The fraction of sp³-hybridized carbons (Fsp3) is 1.00. The van der Waals surface area contributed by atoms with E-state index in [2.05, 4.69) is 30.2 Å². The molecule has 0 aliphatic heterocycles. The Bertz CT molecular complexity index is 192. The predicted molar refractivity (Wildman–Crippen MR) is 112 cm³/mol. The Morgan fingerprint density at radius 3 is 1.50 bits per heavy atom. The molecule has 0 fully saturated rings. The van der Waals surface area contributed by atoms with Crippen LogP contribution in [0.4, 0.5) is 0 Å². The summed E-state index contributed by atoms with van der Waals surface area (Å²) < 4.78 is 18.4. The molecule has 20 heavy (non-hydrogen) atoms. The first kappa shape index (κ1) is 22.5. The van der Waals surface area contributed by atoms with E-state index in [1.165, 1.54) is 19.7 Å². The molecule has 0 aromatic carbocycles. The van der Waals surface area contributed by atoms with E-state index in [0.29, 0.717) is 19.8 Å². The highest BCUT2D eigenvalue weighted by Crippen LogP contribution is 2.82. The first-order chi connectivity index (χ1) is 9.61. The summed E-state index contributed by atoms with van der Waals surface area (Å²) in [6, 6.07) is 0. The zero-order valence-corrected chi connectivity index (χ0v) is 19.1. The van der Waals surface area contributed by atoms with Crippen LogP contribution in [0.5, 0.6) is 0 Å². The van der Waals surface area contributed by atoms with E-state index in [4.69, 9.17) is 13.3 Å². The maximum Gasteiger partial charge on any atom is 0.576 e. The van der Waals surface area contributed by atoms with Gasteiger partial charge in [-0.25, -0.2) is 0 Å². The maximum absolute atomic E-state index is 6.13. The van der Waals surface area contributed by atoms with Crippen LogP contribution in [0.1, 0.15) is 34.1 Å². The summed E-state index contributed by atoms with van der Waals surface area (Å²) >= 11 is 8.69. The molecule has 0 rings (SSSR count). The average Bonchev–Trinajstić information content (AvgIpc) is 2.40. The van der Waals surface area contributed by atoms with Crippen molar-refractivity contribution in [3.63, 3.8) is 0 Å². The molecule has 0 atom stereocenters. The van der Waals surface area contributed by atoms with Crippen molar-refractivity contribution in [2.24, 2.45) is 0 Å². The van der Waals surface area contributed by atoms with Crippen molar-refractivity contribution in [1.29, 1.82) is 0 Å². The minimum Gasteiger partial charge on any atom is -0.366 e. The smallest absolute Gasteiger partial charge is 0.366 e. The van der Waals surface area contributed by atoms with Gasteiger partial charge in [0.1, 0.15) is 0 Å². The molecule has 0 saturated heterocycles. The quantitative estimate of drug-likeness (QED) is 0.208. The minimum absolute atomic E-state index is 0.598. The standard InChI is InChI=1S/C9H24O3S7Si/c1-5-9-19(17-15-13,18-16-14)20(10-6-2,11-7-3)12-8-4/h13-14H,5-9H2,1-4H3. The third-order valence-corrected chi connectivity index (χ3v) is 31.6. The molecule has 0 N–H and O–H groups in total. The lowest BCUT2D eigenvalue weighted by molar-refractivity contribution is 0.0962. The van der Waals surface area contributed by atoms with Crippen molar-refractivity contribution < 1.29 is 13.3 Å². The molecular formula is C9H24O3S7Si. The van der Waals surface area contributed by atoms with Gasteiger partial charge in [-0.15, -0.1) is 0 Å². The number of hydrogen-bond donors (Lipinski definition) is 2. The molecule has 0 amide bonds. The van der Waals surface area contributed by atoms with Crippen LogP contribution in [0.3, 0.4) is 0 Å². The fourth-order valence-corrected chi connectivity index (χ4v) is 39.9. The van der Waals surface area contributed by atoms with Crippen LogP contribution in [0, 0.1) is 0 Å². The predicted octanol–water partition coefficient (Wildman–Crippen LogP) is 6.03. The molecule has 0 saturated carbocycles. The average molecular weight is 433 g/mol. The third kappa shape index (κ3) is 6.21. The Balaban J connectivity index is 5.62. The van der Waals surface area contributed by atoms with Gasteiger partial charge in [0.25, 0.3) is 0 Å². The normalized spacial score (nSPS) is 13.7. The largest absolute Gasteiger partial charge is 0.576 e. The van der Waals surface area contributed by atoms with Gasteiger partial charge in [-0.1, -0.05) is 37.8 Å². The fourth-order valence-electron chi connectivity index (χ4n) is 1.58. The van der Waals surface area contributed by atoms with E-state index in [1.807, 2.05) is 20.8 Å². The monoisotopic (exact) mass is 432 g/mol. The first-order valence-corrected chi connectivity index (χ1v) is 18.0. The van der Waals surface area contributed by atoms with Crippen molar-refractivity contribution in [3.05, 3.63) is 0 Å². The van der Waals surface area contributed by atoms with Gasteiger partial charge in [0.15, 0.2) is 0 Å². The number of hydrogen-bond acceptors (Lipinski definition) is 9. The summed E-state index contributed by atoms with van der Waals surface area (Å²) in [6.07, 6.45) is 1.06. The molecule has 0 aliphatic carbocycles. The highest BCUT2D eigenvalue weighted by Gasteiger charge is 2.59. The molecule has 0 unspecified atom stereocenters. The number of rotatable bonds is 13. The zero-order chi connectivity index (χ0) is 15.5. The van der Waals surface area contributed by atoms with Crippen molar-refractivity contribution in [1.82, 2.24) is 0 Å². The van der Waals surface area contributed by atoms with Crippen LogP contribution >= 0.6 is 70.2 Å². The third-order valence-electron chi connectivity index (χ3n) is 2.10. The van der Waals surface area contributed by atoms with E-state index in [-0.39, 0.29) is 0 Å². The van der Waals surface area contributed by atoms with E-state index < -0.39 is 15.5 Å². The van der Waals surface area contributed by atoms with Crippen molar-refractivity contribution >= 4 is 78.1 Å². The lowest BCUT2D eigenvalue weighted by Gasteiger charge is -2.46. The second-order valence-corrected chi connectivity index (χ2v) is 23.7. The highest BCUT2D eigenvalue weighted by atomic mass is 34.0. The second kappa shape index (κ2) is 12.9. The molecule has 0 aliphatic rings. The van der Waals surface area contributed by atoms with Gasteiger partial charge in [0.05, 0.1) is 0 Å². The van der Waals surface area contributed by atoms with Gasteiger partial charge in [-0.05, 0) is 72.2 Å². The molecule has 0 spiro atoms. The van der Waals surface area contributed by atoms with E-state index in [0.717, 1.165) is 12.2 Å². The molecule has 0 heterocycles. The first-order valence-electron chi connectivity index (χ1n) is 6.33. The Morgan fingerprint density at radius 1 is 0.850 bits per heavy atom. The molecule has 11 heteroatoms. The summed E-state index contributed by atoms with van der Waals surface area (Å²) in [5.41, 5.74) is 0. The second-order valence-electron chi connectivity index (χ2n) is 3.40. The summed E-state index contributed by atoms with van der Waals surface area (Å²) in [4.78, 5) is 0. The summed E-state index contributed by atoms with van der Waals surface area (Å²) in [7, 11) is 2.30. The van der Waals surface area contributed by atoms with Crippen LogP contribution in [0.15, 0.2) is 0 Å². The van der Waals surface area contributed by atoms with E-state index in [1.54, 1.807) is 19.7 Å². The molecule has 0 bridgehead atoms. The molecule has 124 valence electrons. The van der Waals surface area contributed by atoms with Crippen LogP contribution in [-0.2, 0) is 13.3 Å². The van der Waals surface area contributed by atoms with Gasteiger partial charge in [-0.3, -0.25) is 0 Å². The topological polar surface area (TPSA) is 27.7 Å². The molecule has 0 aromatic rings.